The van der Waals surface area contributed by atoms with E-state index in [0.29, 0.717) is 29.3 Å². The van der Waals surface area contributed by atoms with Crippen molar-refractivity contribution in [3.63, 3.8) is 0 Å². The number of halogens is 9. The molecule has 10 heteroatoms. The van der Waals surface area contributed by atoms with Gasteiger partial charge in [-0.25, -0.2) is 17.6 Å². The first-order valence-electron chi connectivity index (χ1n) is 12.6. The number of hydrogen-bond acceptors (Lipinski definition) is 1. The number of hydrogen-bond donors (Lipinski definition) is 0. The van der Waals surface area contributed by atoms with E-state index in [1.165, 1.54) is 6.07 Å². The summed E-state index contributed by atoms with van der Waals surface area (Å²) in [4.78, 5) is 0. The van der Waals surface area contributed by atoms with Crippen molar-refractivity contribution in [3.05, 3.63) is 124 Å². The van der Waals surface area contributed by atoms with Crippen LogP contribution in [0, 0.1) is 35.1 Å². The Bertz CT molecular complexity index is 1620. The summed E-state index contributed by atoms with van der Waals surface area (Å²) < 4.78 is 129. The molecule has 0 aliphatic heterocycles. The monoisotopic (exact) mass is 592 g/mol. The molecule has 0 amide bonds. The SMILES string of the molecule is CCCCc1ccc(-c2ccc(C(F)(F)Oc3ccc(C#Cc4cc(F)c(C(F)(F)F)c(F)c4)c(F)c3)c(F)c2)cc1. The minimum Gasteiger partial charge on any atom is -0.429 e. The van der Waals surface area contributed by atoms with Gasteiger partial charge in [0.15, 0.2) is 0 Å². The molecule has 0 saturated carbocycles. The van der Waals surface area contributed by atoms with Crippen LogP contribution in [0.2, 0.25) is 0 Å². The predicted octanol–water partition coefficient (Wildman–Crippen LogP) is 9.80. The van der Waals surface area contributed by atoms with Crippen LogP contribution >= 0.6 is 0 Å². The smallest absolute Gasteiger partial charge is 0.429 e. The summed E-state index contributed by atoms with van der Waals surface area (Å²) >= 11 is 0. The van der Waals surface area contributed by atoms with Crippen molar-refractivity contribution in [2.75, 3.05) is 0 Å². The molecular weight excluding hydrogens is 571 g/mol. The molecule has 4 rings (SSSR count). The zero-order chi connectivity index (χ0) is 30.7. The highest BCUT2D eigenvalue weighted by molar-refractivity contribution is 5.64. The van der Waals surface area contributed by atoms with E-state index >= 15 is 0 Å². The van der Waals surface area contributed by atoms with Gasteiger partial charge in [0.05, 0.1) is 11.1 Å². The van der Waals surface area contributed by atoms with Gasteiger partial charge < -0.3 is 4.74 Å². The van der Waals surface area contributed by atoms with E-state index in [-0.39, 0.29) is 0 Å². The average Bonchev–Trinajstić information content (AvgIpc) is 2.90. The van der Waals surface area contributed by atoms with Crippen molar-refractivity contribution < 1.29 is 44.3 Å². The Morgan fingerprint density at radius 3 is 1.88 bits per heavy atom. The fourth-order valence-electron chi connectivity index (χ4n) is 4.09. The molecule has 0 bridgehead atoms. The molecule has 4 aromatic rings. The lowest BCUT2D eigenvalue weighted by Gasteiger charge is -2.19. The molecule has 0 atom stereocenters. The standard InChI is InChI=1S/C32H21F9O/c1-2-3-4-19-5-8-21(9-6-19)23-12-14-25(27(34)17-23)32(40,41)42-24-13-11-22(26(33)18-24)10-7-20-15-28(35)30(29(36)16-20)31(37,38)39/h5-6,8-9,11-18H,2-4H2,1H3. The summed E-state index contributed by atoms with van der Waals surface area (Å²) in [6.07, 6.45) is -6.52. The maximum Gasteiger partial charge on any atom is 0.429 e. The molecule has 0 fully saturated rings. The van der Waals surface area contributed by atoms with Gasteiger partial charge in [0, 0.05) is 11.6 Å². The van der Waals surface area contributed by atoms with Crippen LogP contribution in [-0.2, 0) is 18.7 Å². The van der Waals surface area contributed by atoms with Crippen molar-refractivity contribution in [3.8, 4) is 28.7 Å². The van der Waals surface area contributed by atoms with Crippen molar-refractivity contribution in [2.24, 2.45) is 0 Å². The van der Waals surface area contributed by atoms with Crippen molar-refractivity contribution in [1.82, 2.24) is 0 Å². The molecule has 42 heavy (non-hydrogen) atoms. The van der Waals surface area contributed by atoms with Crippen molar-refractivity contribution >= 4 is 0 Å². The molecule has 4 aromatic carbocycles. The molecule has 0 aliphatic carbocycles. The Labute approximate surface area is 235 Å². The molecule has 0 heterocycles. The summed E-state index contributed by atoms with van der Waals surface area (Å²) in [5.74, 6) is -2.63. The number of ether oxygens (including phenoxy) is 1. The maximum absolute atomic E-state index is 14.8. The zero-order valence-corrected chi connectivity index (χ0v) is 21.9. The lowest BCUT2D eigenvalue weighted by molar-refractivity contribution is -0.187. The fraction of sp³-hybridized carbons (Fsp3) is 0.188. The third kappa shape index (κ3) is 7.08. The van der Waals surface area contributed by atoms with Crippen LogP contribution in [0.5, 0.6) is 5.75 Å². The summed E-state index contributed by atoms with van der Waals surface area (Å²) in [7, 11) is 0. The number of benzene rings is 4. The molecule has 0 aliphatic rings. The van der Waals surface area contributed by atoms with Crippen LogP contribution in [0.25, 0.3) is 11.1 Å². The lowest BCUT2D eigenvalue weighted by Crippen LogP contribution is -2.23. The Balaban J connectivity index is 1.50. The molecular formula is C32H21F9O. The second kappa shape index (κ2) is 12.2. The third-order valence-electron chi connectivity index (χ3n) is 6.24. The first kappa shape index (κ1) is 30.6. The van der Waals surface area contributed by atoms with Crippen LogP contribution in [0.4, 0.5) is 39.5 Å². The summed E-state index contributed by atoms with van der Waals surface area (Å²) in [5, 5.41) is 0. The fourth-order valence-corrected chi connectivity index (χ4v) is 4.09. The number of unbranched alkanes of at least 4 members (excludes halogenated alkanes) is 1. The van der Waals surface area contributed by atoms with Gasteiger partial charge in [0.1, 0.15) is 34.6 Å². The minimum atomic E-state index is -5.27. The highest BCUT2D eigenvalue weighted by Gasteiger charge is 2.39. The van der Waals surface area contributed by atoms with E-state index in [2.05, 4.69) is 23.5 Å². The quantitative estimate of drug-likeness (QED) is 0.153. The van der Waals surface area contributed by atoms with Crippen molar-refractivity contribution in [2.45, 2.75) is 38.5 Å². The van der Waals surface area contributed by atoms with Gasteiger partial charge >= 0.3 is 12.3 Å². The Morgan fingerprint density at radius 2 is 1.31 bits per heavy atom. The average molecular weight is 593 g/mol. The molecule has 0 aromatic heterocycles. The van der Waals surface area contributed by atoms with Gasteiger partial charge in [-0.15, -0.1) is 0 Å². The van der Waals surface area contributed by atoms with Gasteiger partial charge in [-0.05, 0) is 65.9 Å². The van der Waals surface area contributed by atoms with Gasteiger partial charge in [-0.1, -0.05) is 55.5 Å². The van der Waals surface area contributed by atoms with Crippen LogP contribution in [0.15, 0.2) is 72.8 Å². The second-order valence-electron chi connectivity index (χ2n) is 9.32. The van der Waals surface area contributed by atoms with Gasteiger partial charge in [0.25, 0.3) is 0 Å². The minimum absolute atomic E-state index is 0.331. The van der Waals surface area contributed by atoms with E-state index in [9.17, 15) is 39.5 Å². The highest BCUT2D eigenvalue weighted by Crippen LogP contribution is 2.36. The normalized spacial score (nSPS) is 11.7. The predicted molar refractivity (Wildman–Crippen MR) is 139 cm³/mol. The van der Waals surface area contributed by atoms with E-state index in [1.807, 2.05) is 12.1 Å². The second-order valence-corrected chi connectivity index (χ2v) is 9.32. The number of alkyl halides is 5. The topological polar surface area (TPSA) is 9.23 Å². The number of aryl methyl sites for hydroxylation is 1. The van der Waals surface area contributed by atoms with Crippen molar-refractivity contribution in [1.29, 1.82) is 0 Å². The van der Waals surface area contributed by atoms with Crippen LogP contribution in [0.3, 0.4) is 0 Å². The van der Waals surface area contributed by atoms with Gasteiger partial charge in [0.2, 0.25) is 0 Å². The Kier molecular flexibility index (Phi) is 8.90. The highest BCUT2D eigenvalue weighted by atomic mass is 19.4. The third-order valence-corrected chi connectivity index (χ3v) is 6.24. The lowest BCUT2D eigenvalue weighted by atomic mass is 10.00. The van der Waals surface area contributed by atoms with Gasteiger partial charge in [-0.2, -0.15) is 22.0 Å². The Hall–Kier alpha value is -4.39. The first-order chi connectivity index (χ1) is 19.8. The molecule has 218 valence electrons. The van der Waals surface area contributed by atoms with E-state index in [0.717, 1.165) is 49.1 Å². The maximum atomic E-state index is 14.8. The number of rotatable bonds is 7. The molecule has 1 nitrogen and oxygen atoms in total. The summed E-state index contributed by atoms with van der Waals surface area (Å²) in [6.45, 7) is 2.07. The molecule has 0 saturated heterocycles. The van der Waals surface area contributed by atoms with Gasteiger partial charge in [-0.3, -0.25) is 0 Å². The van der Waals surface area contributed by atoms with E-state index < -0.39 is 63.6 Å². The summed E-state index contributed by atoms with van der Waals surface area (Å²) in [6, 6.07) is 13.4. The van der Waals surface area contributed by atoms with Crippen LogP contribution in [-0.4, -0.2) is 0 Å². The largest absolute Gasteiger partial charge is 0.429 e. The van der Waals surface area contributed by atoms with Crippen LogP contribution < -0.4 is 4.74 Å². The molecule has 0 radical (unpaired) electrons. The van der Waals surface area contributed by atoms with Crippen LogP contribution in [0.1, 0.15) is 47.6 Å². The Morgan fingerprint density at radius 1 is 0.667 bits per heavy atom. The van der Waals surface area contributed by atoms with E-state index in [1.54, 1.807) is 12.1 Å². The molecule has 0 unspecified atom stereocenters. The van der Waals surface area contributed by atoms with E-state index in [4.69, 9.17) is 0 Å². The molecule has 0 spiro atoms. The first-order valence-corrected chi connectivity index (χ1v) is 12.6. The molecule has 0 N–H and O–H groups in total. The zero-order valence-electron chi connectivity index (χ0n) is 21.9. The summed E-state index contributed by atoms with van der Waals surface area (Å²) in [5.41, 5.74) is -2.02.